The smallest absolute Gasteiger partial charge is 0.143 e. The minimum Gasteiger partial charge on any atom is -0.497 e. The molecule has 20 heavy (non-hydrogen) atoms. The third kappa shape index (κ3) is 3.48. The maximum atomic E-state index is 13.4. The lowest BCUT2D eigenvalue weighted by molar-refractivity contribution is 0.414. The molecule has 0 atom stereocenters. The summed E-state index contributed by atoms with van der Waals surface area (Å²) < 4.78 is 18.5. The molecule has 2 aromatic rings. The summed E-state index contributed by atoms with van der Waals surface area (Å²) in [6.45, 7) is 0.692. The largest absolute Gasteiger partial charge is 0.497 e. The van der Waals surface area contributed by atoms with E-state index in [2.05, 4.69) is 5.32 Å². The van der Waals surface area contributed by atoms with Crippen LogP contribution in [0, 0.1) is 17.1 Å². The van der Waals surface area contributed by atoms with Crippen LogP contribution < -0.4 is 10.1 Å². The Bertz CT molecular complexity index is 617. The zero-order valence-corrected chi connectivity index (χ0v) is 11.2. The predicted molar refractivity (Wildman–Crippen MR) is 76.3 cm³/mol. The molecular formula is C16H15FN2O. The molecule has 1 N–H and O–H groups in total. The van der Waals surface area contributed by atoms with Gasteiger partial charge < -0.3 is 10.1 Å². The van der Waals surface area contributed by atoms with E-state index in [1.807, 2.05) is 24.3 Å². The molecule has 2 aromatic carbocycles. The van der Waals surface area contributed by atoms with E-state index >= 15 is 0 Å². The van der Waals surface area contributed by atoms with Crippen LogP contribution in [0.2, 0.25) is 0 Å². The normalized spacial score (nSPS) is 9.85. The van der Waals surface area contributed by atoms with Gasteiger partial charge in [0.05, 0.1) is 12.7 Å². The van der Waals surface area contributed by atoms with Gasteiger partial charge in [-0.1, -0.05) is 12.1 Å². The number of hydrogen-bond acceptors (Lipinski definition) is 3. The van der Waals surface area contributed by atoms with Crippen molar-refractivity contribution in [2.24, 2.45) is 0 Å². The standard InChI is InChI=1S/C16H15FN2O/c1-20-15-6-2-12(3-7-15)8-9-19-14-5-4-13(11-18)16(17)10-14/h2-7,10,19H,8-9H2,1H3. The summed E-state index contributed by atoms with van der Waals surface area (Å²) >= 11 is 0. The van der Waals surface area contributed by atoms with Crippen LogP contribution in [0.1, 0.15) is 11.1 Å². The van der Waals surface area contributed by atoms with Gasteiger partial charge in [0.1, 0.15) is 17.6 Å². The number of nitrogens with zero attached hydrogens (tertiary/aromatic N) is 1. The van der Waals surface area contributed by atoms with E-state index < -0.39 is 5.82 Å². The summed E-state index contributed by atoms with van der Waals surface area (Å²) in [7, 11) is 1.63. The number of hydrogen-bond donors (Lipinski definition) is 1. The van der Waals surface area contributed by atoms with E-state index in [0.717, 1.165) is 12.2 Å². The lowest BCUT2D eigenvalue weighted by Gasteiger charge is -2.07. The van der Waals surface area contributed by atoms with Gasteiger partial charge in [0, 0.05) is 12.2 Å². The van der Waals surface area contributed by atoms with E-state index in [1.165, 1.54) is 17.7 Å². The van der Waals surface area contributed by atoms with Crippen molar-refractivity contribution in [2.75, 3.05) is 19.0 Å². The molecule has 4 heteroatoms. The summed E-state index contributed by atoms with van der Waals surface area (Å²) in [4.78, 5) is 0. The average molecular weight is 270 g/mol. The quantitative estimate of drug-likeness (QED) is 0.906. The highest BCUT2D eigenvalue weighted by atomic mass is 19.1. The molecule has 0 saturated carbocycles. The van der Waals surface area contributed by atoms with Gasteiger partial charge >= 0.3 is 0 Å². The molecular weight excluding hydrogens is 255 g/mol. The van der Waals surface area contributed by atoms with Crippen molar-refractivity contribution in [1.29, 1.82) is 5.26 Å². The van der Waals surface area contributed by atoms with Crippen molar-refractivity contribution >= 4 is 5.69 Å². The van der Waals surface area contributed by atoms with Crippen molar-refractivity contribution in [3.63, 3.8) is 0 Å². The van der Waals surface area contributed by atoms with Gasteiger partial charge in [-0.05, 0) is 42.3 Å². The first-order valence-electron chi connectivity index (χ1n) is 6.29. The second-order valence-corrected chi connectivity index (χ2v) is 4.33. The second-order valence-electron chi connectivity index (χ2n) is 4.33. The summed E-state index contributed by atoms with van der Waals surface area (Å²) in [5, 5.41) is 11.8. The van der Waals surface area contributed by atoms with Crippen LogP contribution in [-0.4, -0.2) is 13.7 Å². The first kappa shape index (κ1) is 13.9. The predicted octanol–water partition coefficient (Wildman–Crippen LogP) is 3.36. The molecule has 0 radical (unpaired) electrons. The zero-order valence-electron chi connectivity index (χ0n) is 11.2. The van der Waals surface area contributed by atoms with Crippen LogP contribution in [0.4, 0.5) is 10.1 Å². The summed E-state index contributed by atoms with van der Waals surface area (Å²) in [5.41, 5.74) is 1.91. The minimum absolute atomic E-state index is 0.0608. The van der Waals surface area contributed by atoms with Gasteiger partial charge in [-0.25, -0.2) is 4.39 Å². The van der Waals surface area contributed by atoms with Crippen molar-refractivity contribution in [1.82, 2.24) is 0 Å². The molecule has 0 aliphatic carbocycles. The number of halogens is 1. The maximum Gasteiger partial charge on any atom is 0.143 e. The Hall–Kier alpha value is -2.54. The average Bonchev–Trinajstić information content (AvgIpc) is 2.48. The van der Waals surface area contributed by atoms with Crippen molar-refractivity contribution in [3.8, 4) is 11.8 Å². The number of rotatable bonds is 5. The SMILES string of the molecule is COc1ccc(CCNc2ccc(C#N)c(F)c2)cc1. The van der Waals surface area contributed by atoms with E-state index in [4.69, 9.17) is 10.00 Å². The number of methoxy groups -OCH3 is 1. The van der Waals surface area contributed by atoms with E-state index in [1.54, 1.807) is 19.2 Å². The molecule has 3 nitrogen and oxygen atoms in total. The fourth-order valence-electron chi connectivity index (χ4n) is 1.86. The van der Waals surface area contributed by atoms with Crippen molar-refractivity contribution in [2.45, 2.75) is 6.42 Å². The van der Waals surface area contributed by atoms with Gasteiger partial charge in [0.25, 0.3) is 0 Å². The molecule has 0 fully saturated rings. The Labute approximate surface area is 117 Å². The third-order valence-corrected chi connectivity index (χ3v) is 2.99. The monoisotopic (exact) mass is 270 g/mol. The molecule has 0 bridgehead atoms. The lowest BCUT2D eigenvalue weighted by Crippen LogP contribution is -2.05. The number of benzene rings is 2. The van der Waals surface area contributed by atoms with Gasteiger partial charge in [0.15, 0.2) is 0 Å². The highest BCUT2D eigenvalue weighted by Crippen LogP contribution is 2.15. The molecule has 0 unspecified atom stereocenters. The summed E-state index contributed by atoms with van der Waals surface area (Å²) in [5.74, 6) is 0.331. The lowest BCUT2D eigenvalue weighted by atomic mass is 10.1. The maximum absolute atomic E-state index is 13.4. The van der Waals surface area contributed by atoms with Crippen molar-refractivity contribution < 1.29 is 9.13 Å². The van der Waals surface area contributed by atoms with Crippen LogP contribution in [-0.2, 0) is 6.42 Å². The molecule has 0 saturated heterocycles. The summed E-state index contributed by atoms with van der Waals surface area (Å²) in [6.07, 6.45) is 0.825. The molecule has 0 aliphatic heterocycles. The number of anilines is 1. The summed E-state index contributed by atoms with van der Waals surface area (Å²) in [6, 6.07) is 14.1. The van der Waals surface area contributed by atoms with Crippen LogP contribution in [0.5, 0.6) is 5.75 Å². The first-order valence-corrected chi connectivity index (χ1v) is 6.29. The van der Waals surface area contributed by atoms with Crippen LogP contribution in [0.3, 0.4) is 0 Å². The van der Waals surface area contributed by atoms with E-state index in [0.29, 0.717) is 12.2 Å². The molecule has 0 aromatic heterocycles. The van der Waals surface area contributed by atoms with E-state index in [-0.39, 0.29) is 5.56 Å². The second kappa shape index (κ2) is 6.58. The Morgan fingerprint density at radius 2 is 1.95 bits per heavy atom. The Morgan fingerprint density at radius 3 is 2.55 bits per heavy atom. The minimum atomic E-state index is -0.498. The van der Waals surface area contributed by atoms with Gasteiger partial charge in [-0.2, -0.15) is 5.26 Å². The van der Waals surface area contributed by atoms with Gasteiger partial charge in [-0.15, -0.1) is 0 Å². The Balaban J connectivity index is 1.89. The third-order valence-electron chi connectivity index (χ3n) is 2.99. The van der Waals surface area contributed by atoms with E-state index in [9.17, 15) is 4.39 Å². The molecule has 0 spiro atoms. The molecule has 0 aliphatic rings. The highest BCUT2D eigenvalue weighted by molar-refractivity contribution is 5.48. The van der Waals surface area contributed by atoms with Crippen LogP contribution in [0.15, 0.2) is 42.5 Å². The number of nitriles is 1. The molecule has 0 amide bonds. The fraction of sp³-hybridized carbons (Fsp3) is 0.188. The van der Waals surface area contributed by atoms with Crippen LogP contribution >= 0.6 is 0 Å². The topological polar surface area (TPSA) is 45.0 Å². The Kier molecular flexibility index (Phi) is 4.56. The fourth-order valence-corrected chi connectivity index (χ4v) is 1.86. The highest BCUT2D eigenvalue weighted by Gasteiger charge is 2.02. The van der Waals surface area contributed by atoms with Gasteiger partial charge in [-0.3, -0.25) is 0 Å². The zero-order chi connectivity index (χ0) is 14.4. The molecule has 102 valence electrons. The molecule has 0 heterocycles. The molecule has 2 rings (SSSR count). The van der Waals surface area contributed by atoms with Crippen molar-refractivity contribution in [3.05, 3.63) is 59.4 Å². The number of ether oxygens (including phenoxy) is 1. The van der Waals surface area contributed by atoms with Gasteiger partial charge in [0.2, 0.25) is 0 Å². The van der Waals surface area contributed by atoms with Crippen LogP contribution in [0.25, 0.3) is 0 Å². The first-order chi connectivity index (χ1) is 9.72. The Morgan fingerprint density at radius 1 is 1.20 bits per heavy atom. The number of nitrogens with one attached hydrogen (secondary N) is 1.